The van der Waals surface area contributed by atoms with E-state index in [0.29, 0.717) is 11.4 Å². The van der Waals surface area contributed by atoms with Crippen LogP contribution in [0.2, 0.25) is 0 Å². The maximum atomic E-state index is 11.9. The molecule has 1 aromatic heterocycles. The number of hydrogen-bond donors (Lipinski definition) is 2. The monoisotopic (exact) mass is 416 g/mol. The molecule has 0 fully saturated rings. The van der Waals surface area contributed by atoms with Crippen LogP contribution in [0.5, 0.6) is 0 Å². The van der Waals surface area contributed by atoms with E-state index in [1.165, 1.54) is 11.3 Å². The summed E-state index contributed by atoms with van der Waals surface area (Å²) >= 11 is 8.19. The quantitative estimate of drug-likeness (QED) is 0.679. The summed E-state index contributed by atoms with van der Waals surface area (Å²) in [5, 5.41) is 6.22. The number of hydrogen-bond acceptors (Lipinski definition) is 3. The van der Waals surface area contributed by atoms with Crippen LogP contribution in [0.25, 0.3) is 0 Å². The number of amides is 1. The Morgan fingerprint density at radius 3 is 2.55 bits per heavy atom. The van der Waals surface area contributed by atoms with Crippen molar-refractivity contribution in [2.75, 3.05) is 18.4 Å². The molecule has 0 aliphatic heterocycles. The van der Waals surface area contributed by atoms with Crippen molar-refractivity contribution in [2.45, 2.75) is 6.42 Å². The van der Waals surface area contributed by atoms with Crippen molar-refractivity contribution >= 4 is 54.8 Å². The van der Waals surface area contributed by atoms with Gasteiger partial charge in [0.15, 0.2) is 0 Å². The van der Waals surface area contributed by atoms with Gasteiger partial charge >= 0.3 is 0 Å². The fourth-order valence-electron chi connectivity index (χ4n) is 1.62. The average Bonchev–Trinajstić information content (AvgIpc) is 2.79. The second-order valence-electron chi connectivity index (χ2n) is 4.13. The Labute approximate surface area is 139 Å². The average molecular weight is 418 g/mol. The van der Waals surface area contributed by atoms with E-state index in [1.54, 1.807) is 0 Å². The van der Waals surface area contributed by atoms with Crippen LogP contribution in [-0.2, 0) is 0 Å². The number of carbonyl (C=O) groups excluding carboxylic acids is 1. The first-order chi connectivity index (χ1) is 9.66. The third-order valence-electron chi connectivity index (χ3n) is 2.61. The Morgan fingerprint density at radius 2 is 1.90 bits per heavy atom. The Kier molecular flexibility index (Phi) is 6.06. The number of carbonyl (C=O) groups is 1. The summed E-state index contributed by atoms with van der Waals surface area (Å²) in [5.74, 6) is -0.0267. The van der Waals surface area contributed by atoms with E-state index in [2.05, 4.69) is 42.5 Å². The van der Waals surface area contributed by atoms with Crippen molar-refractivity contribution in [1.82, 2.24) is 5.32 Å². The van der Waals surface area contributed by atoms with E-state index in [0.717, 1.165) is 26.9 Å². The molecule has 1 heterocycles. The SMILES string of the molecule is O=C(NCCCNc1ccccc1)c1cc(Br)c(Br)s1. The van der Waals surface area contributed by atoms with Crippen molar-refractivity contribution < 1.29 is 4.79 Å². The zero-order chi connectivity index (χ0) is 14.4. The highest BCUT2D eigenvalue weighted by molar-refractivity contribution is 9.13. The molecular formula is C14H14Br2N2OS. The van der Waals surface area contributed by atoms with Crippen LogP contribution >= 0.6 is 43.2 Å². The Balaban J connectivity index is 1.67. The lowest BCUT2D eigenvalue weighted by molar-refractivity contribution is 0.0957. The van der Waals surface area contributed by atoms with E-state index < -0.39 is 0 Å². The van der Waals surface area contributed by atoms with Gasteiger partial charge in [0, 0.05) is 23.2 Å². The fourth-order valence-corrected chi connectivity index (χ4v) is 3.58. The maximum absolute atomic E-state index is 11.9. The first-order valence-corrected chi connectivity index (χ1v) is 8.59. The van der Waals surface area contributed by atoms with Crippen LogP contribution in [0.15, 0.2) is 44.7 Å². The second kappa shape index (κ2) is 7.81. The molecule has 0 saturated heterocycles. The van der Waals surface area contributed by atoms with Gasteiger partial charge in [0.1, 0.15) is 0 Å². The molecule has 0 radical (unpaired) electrons. The van der Waals surface area contributed by atoms with Crippen LogP contribution in [0.4, 0.5) is 5.69 Å². The van der Waals surface area contributed by atoms with Gasteiger partial charge in [-0.2, -0.15) is 0 Å². The zero-order valence-corrected chi connectivity index (χ0v) is 14.6. The van der Waals surface area contributed by atoms with Crippen molar-refractivity contribution in [1.29, 1.82) is 0 Å². The lowest BCUT2D eigenvalue weighted by Crippen LogP contribution is -2.25. The van der Waals surface area contributed by atoms with Crippen molar-refractivity contribution in [2.24, 2.45) is 0 Å². The van der Waals surface area contributed by atoms with Crippen LogP contribution in [0.1, 0.15) is 16.1 Å². The van der Waals surface area contributed by atoms with Gasteiger partial charge in [-0.3, -0.25) is 4.79 Å². The minimum absolute atomic E-state index is 0.0267. The lowest BCUT2D eigenvalue weighted by atomic mass is 10.3. The molecule has 0 spiro atoms. The molecule has 0 aliphatic carbocycles. The molecule has 0 saturated carbocycles. The second-order valence-corrected chi connectivity index (χ2v) is 7.36. The van der Waals surface area contributed by atoms with Gasteiger partial charge < -0.3 is 10.6 Å². The topological polar surface area (TPSA) is 41.1 Å². The largest absolute Gasteiger partial charge is 0.385 e. The van der Waals surface area contributed by atoms with Crippen molar-refractivity contribution in [3.63, 3.8) is 0 Å². The van der Waals surface area contributed by atoms with Gasteiger partial charge in [-0.1, -0.05) is 18.2 Å². The van der Waals surface area contributed by atoms with E-state index in [9.17, 15) is 4.79 Å². The summed E-state index contributed by atoms with van der Waals surface area (Å²) in [5.41, 5.74) is 1.10. The summed E-state index contributed by atoms with van der Waals surface area (Å²) in [4.78, 5) is 12.6. The highest BCUT2D eigenvalue weighted by Gasteiger charge is 2.10. The van der Waals surface area contributed by atoms with Crippen LogP contribution in [0, 0.1) is 0 Å². The molecule has 0 bridgehead atoms. The highest BCUT2D eigenvalue weighted by Crippen LogP contribution is 2.32. The summed E-state index contributed by atoms with van der Waals surface area (Å²) in [6.45, 7) is 1.49. The molecule has 0 atom stereocenters. The van der Waals surface area contributed by atoms with Gasteiger partial charge in [-0.15, -0.1) is 11.3 Å². The molecule has 2 N–H and O–H groups in total. The lowest BCUT2D eigenvalue weighted by Gasteiger charge is -2.06. The molecule has 1 aromatic carbocycles. The first kappa shape index (κ1) is 15.5. The number of rotatable bonds is 6. The van der Waals surface area contributed by atoms with Crippen molar-refractivity contribution in [3.05, 3.63) is 49.5 Å². The highest BCUT2D eigenvalue weighted by atomic mass is 79.9. The zero-order valence-electron chi connectivity index (χ0n) is 10.7. The van der Waals surface area contributed by atoms with E-state index in [4.69, 9.17) is 0 Å². The molecule has 0 aliphatic rings. The standard InChI is InChI=1S/C14H14Br2N2OS/c15-11-9-12(20-13(11)16)14(19)18-8-4-7-17-10-5-2-1-3-6-10/h1-3,5-6,9,17H,4,7-8H2,(H,18,19). The maximum Gasteiger partial charge on any atom is 0.261 e. The summed E-state index contributed by atoms with van der Waals surface area (Å²) in [6.07, 6.45) is 0.883. The molecule has 2 rings (SSSR count). The predicted octanol–water partition coefficient (Wildman–Crippen LogP) is 4.51. The Morgan fingerprint density at radius 1 is 1.15 bits per heavy atom. The number of anilines is 1. The minimum atomic E-state index is -0.0267. The molecule has 6 heteroatoms. The minimum Gasteiger partial charge on any atom is -0.385 e. The van der Waals surface area contributed by atoms with Gasteiger partial charge in [0.05, 0.1) is 8.66 Å². The number of thiophene rings is 1. The number of halogens is 2. The third-order valence-corrected chi connectivity index (χ3v) is 5.87. The fraction of sp³-hybridized carbons (Fsp3) is 0.214. The molecular weight excluding hydrogens is 404 g/mol. The van der Waals surface area contributed by atoms with Gasteiger partial charge in [-0.05, 0) is 56.5 Å². The van der Waals surface area contributed by atoms with E-state index in [-0.39, 0.29) is 5.91 Å². The summed E-state index contributed by atoms with van der Waals surface area (Å²) in [7, 11) is 0. The Hall–Kier alpha value is -0.850. The summed E-state index contributed by atoms with van der Waals surface area (Å²) in [6, 6.07) is 11.9. The molecule has 106 valence electrons. The van der Waals surface area contributed by atoms with Gasteiger partial charge in [0.25, 0.3) is 5.91 Å². The molecule has 3 nitrogen and oxygen atoms in total. The molecule has 20 heavy (non-hydrogen) atoms. The number of nitrogens with one attached hydrogen (secondary N) is 2. The van der Waals surface area contributed by atoms with Crippen molar-refractivity contribution in [3.8, 4) is 0 Å². The smallest absolute Gasteiger partial charge is 0.261 e. The van der Waals surface area contributed by atoms with E-state index >= 15 is 0 Å². The third kappa shape index (κ3) is 4.61. The summed E-state index contributed by atoms with van der Waals surface area (Å²) < 4.78 is 1.85. The first-order valence-electron chi connectivity index (χ1n) is 6.19. The van der Waals surface area contributed by atoms with E-state index in [1.807, 2.05) is 36.4 Å². The number of benzene rings is 1. The number of para-hydroxylation sites is 1. The normalized spacial score (nSPS) is 10.3. The predicted molar refractivity (Wildman–Crippen MR) is 91.6 cm³/mol. The molecule has 0 unspecified atom stereocenters. The van der Waals surface area contributed by atoms with Gasteiger partial charge in [-0.25, -0.2) is 0 Å². The molecule has 1 amide bonds. The van der Waals surface area contributed by atoms with Crippen LogP contribution in [-0.4, -0.2) is 19.0 Å². The van der Waals surface area contributed by atoms with Crippen LogP contribution < -0.4 is 10.6 Å². The Bertz CT molecular complexity index is 552. The van der Waals surface area contributed by atoms with Crippen LogP contribution in [0.3, 0.4) is 0 Å². The molecule has 2 aromatic rings. The van der Waals surface area contributed by atoms with Gasteiger partial charge in [0.2, 0.25) is 0 Å².